The van der Waals surface area contributed by atoms with Crippen LogP contribution in [0.1, 0.15) is 18.4 Å². The number of amides is 1. The summed E-state index contributed by atoms with van der Waals surface area (Å²) in [5, 5.41) is 3.39. The molecule has 4 heteroatoms. The van der Waals surface area contributed by atoms with Gasteiger partial charge in [0.05, 0.1) is 0 Å². The number of benzene rings is 1. The van der Waals surface area contributed by atoms with Crippen LogP contribution in [0.5, 0.6) is 0 Å². The number of rotatable bonds is 2. The fourth-order valence-corrected chi connectivity index (χ4v) is 3.05. The number of carbonyl (C=O) groups is 1. The van der Waals surface area contributed by atoms with Crippen molar-refractivity contribution in [1.82, 2.24) is 10.2 Å². The summed E-state index contributed by atoms with van der Waals surface area (Å²) in [6.07, 6.45) is 2.10. The Kier molecular flexibility index (Phi) is 3.42. The Morgan fingerprint density at radius 3 is 2.89 bits per heavy atom. The first-order valence-corrected chi connectivity index (χ1v) is 6.94. The quantitative estimate of drug-likeness (QED) is 0.884. The zero-order valence-corrected chi connectivity index (χ0v) is 11.1. The lowest BCUT2D eigenvalue weighted by atomic mass is 9.87. The van der Waals surface area contributed by atoms with Crippen molar-refractivity contribution in [2.24, 2.45) is 5.41 Å². The predicted molar refractivity (Wildman–Crippen MR) is 72.7 cm³/mol. The van der Waals surface area contributed by atoms with E-state index in [4.69, 9.17) is 4.74 Å². The monoisotopic (exact) mass is 260 g/mol. The molecule has 4 nitrogen and oxygen atoms in total. The van der Waals surface area contributed by atoms with Crippen LogP contribution in [0.4, 0.5) is 4.79 Å². The second-order valence-electron chi connectivity index (χ2n) is 5.64. The van der Waals surface area contributed by atoms with Gasteiger partial charge < -0.3 is 15.0 Å². The van der Waals surface area contributed by atoms with Gasteiger partial charge in [0.15, 0.2) is 0 Å². The van der Waals surface area contributed by atoms with Crippen LogP contribution in [0.3, 0.4) is 0 Å². The van der Waals surface area contributed by atoms with Crippen molar-refractivity contribution < 1.29 is 9.53 Å². The molecular formula is C15H20N2O2. The van der Waals surface area contributed by atoms with Crippen LogP contribution in [-0.4, -0.2) is 37.2 Å². The van der Waals surface area contributed by atoms with Crippen LogP contribution >= 0.6 is 0 Å². The van der Waals surface area contributed by atoms with Gasteiger partial charge in [-0.15, -0.1) is 0 Å². The van der Waals surface area contributed by atoms with Gasteiger partial charge in [0.25, 0.3) is 0 Å². The minimum atomic E-state index is -0.173. The van der Waals surface area contributed by atoms with Crippen LogP contribution < -0.4 is 5.32 Å². The van der Waals surface area contributed by atoms with Crippen LogP contribution in [-0.2, 0) is 11.3 Å². The molecule has 1 amide bonds. The summed E-state index contributed by atoms with van der Waals surface area (Å²) in [5.41, 5.74) is 1.35. The first-order valence-electron chi connectivity index (χ1n) is 6.94. The van der Waals surface area contributed by atoms with E-state index < -0.39 is 0 Å². The van der Waals surface area contributed by atoms with E-state index in [0.29, 0.717) is 12.0 Å². The van der Waals surface area contributed by atoms with E-state index in [2.05, 4.69) is 5.32 Å². The minimum absolute atomic E-state index is 0.173. The van der Waals surface area contributed by atoms with Crippen LogP contribution in [0.15, 0.2) is 30.3 Å². The average molecular weight is 260 g/mol. The van der Waals surface area contributed by atoms with Gasteiger partial charge >= 0.3 is 6.09 Å². The summed E-state index contributed by atoms with van der Waals surface area (Å²) in [7, 11) is 0. The second-order valence-corrected chi connectivity index (χ2v) is 5.64. The SMILES string of the molecule is O=C(OCc1ccccc1)N1CC[C@@]2(CCNC2)C1. The van der Waals surface area contributed by atoms with Gasteiger partial charge in [-0.2, -0.15) is 0 Å². The molecule has 0 aliphatic carbocycles. The molecule has 3 rings (SSSR count). The minimum Gasteiger partial charge on any atom is -0.445 e. The summed E-state index contributed by atoms with van der Waals surface area (Å²) >= 11 is 0. The van der Waals surface area contributed by atoms with Gasteiger partial charge in [-0.25, -0.2) is 4.79 Å². The predicted octanol–water partition coefficient (Wildman–Crippen LogP) is 2.01. The lowest BCUT2D eigenvalue weighted by Gasteiger charge is -2.22. The average Bonchev–Trinajstić information content (AvgIpc) is 3.08. The second kappa shape index (κ2) is 5.21. The molecule has 0 saturated carbocycles. The largest absolute Gasteiger partial charge is 0.445 e. The first kappa shape index (κ1) is 12.5. The van der Waals surface area contributed by atoms with E-state index in [-0.39, 0.29) is 6.09 Å². The zero-order valence-electron chi connectivity index (χ0n) is 11.1. The number of nitrogens with zero attached hydrogens (tertiary/aromatic N) is 1. The third-order valence-electron chi connectivity index (χ3n) is 4.23. The maximum atomic E-state index is 12.0. The Balaban J connectivity index is 1.51. The van der Waals surface area contributed by atoms with Crippen molar-refractivity contribution in [3.8, 4) is 0 Å². The van der Waals surface area contributed by atoms with E-state index >= 15 is 0 Å². The highest BCUT2D eigenvalue weighted by molar-refractivity contribution is 5.68. The van der Waals surface area contributed by atoms with Crippen molar-refractivity contribution in [1.29, 1.82) is 0 Å². The lowest BCUT2D eigenvalue weighted by Crippen LogP contribution is -2.33. The standard InChI is InChI=1S/C15H20N2O2/c18-14(19-10-13-4-2-1-3-5-13)17-9-7-15(12-17)6-8-16-11-15/h1-5,16H,6-12H2/t15-/m1/s1. The molecule has 0 unspecified atom stereocenters. The van der Waals surface area contributed by atoms with Crippen LogP contribution in [0.2, 0.25) is 0 Å². The van der Waals surface area contributed by atoms with E-state index in [1.807, 2.05) is 35.2 Å². The first-order chi connectivity index (χ1) is 9.27. The molecule has 2 fully saturated rings. The molecule has 0 radical (unpaired) electrons. The fraction of sp³-hybridized carbons (Fsp3) is 0.533. The van der Waals surface area contributed by atoms with Crippen molar-refractivity contribution >= 4 is 6.09 Å². The molecule has 0 aromatic heterocycles. The molecule has 1 atom stereocenters. The highest BCUT2D eigenvalue weighted by Gasteiger charge is 2.42. The van der Waals surface area contributed by atoms with Gasteiger partial charge in [-0.3, -0.25) is 0 Å². The molecule has 1 aromatic carbocycles. The van der Waals surface area contributed by atoms with Gasteiger partial charge in [0.1, 0.15) is 6.61 Å². The normalized spacial score (nSPS) is 26.0. The van der Waals surface area contributed by atoms with E-state index in [1.54, 1.807) is 0 Å². The number of likely N-dealkylation sites (tertiary alicyclic amines) is 1. The molecule has 1 N–H and O–H groups in total. The molecule has 2 heterocycles. The summed E-state index contributed by atoms with van der Waals surface area (Å²) in [6.45, 7) is 4.15. The zero-order chi connectivity index (χ0) is 13.1. The van der Waals surface area contributed by atoms with E-state index in [9.17, 15) is 4.79 Å². The molecule has 102 valence electrons. The Bertz CT molecular complexity index is 441. The summed E-state index contributed by atoms with van der Waals surface area (Å²) in [5.74, 6) is 0. The van der Waals surface area contributed by atoms with Crippen LogP contribution in [0.25, 0.3) is 0 Å². The van der Waals surface area contributed by atoms with Crippen molar-refractivity contribution in [3.63, 3.8) is 0 Å². The maximum absolute atomic E-state index is 12.0. The summed E-state index contributed by atoms with van der Waals surface area (Å²) in [4.78, 5) is 13.9. The fourth-order valence-electron chi connectivity index (χ4n) is 3.05. The topological polar surface area (TPSA) is 41.6 Å². The summed E-state index contributed by atoms with van der Waals surface area (Å²) in [6, 6.07) is 9.82. The number of carbonyl (C=O) groups excluding carboxylic acids is 1. The smallest absolute Gasteiger partial charge is 0.410 e. The lowest BCUT2D eigenvalue weighted by molar-refractivity contribution is 0.100. The molecule has 1 aromatic rings. The Hall–Kier alpha value is -1.55. The number of hydrogen-bond acceptors (Lipinski definition) is 3. The van der Waals surface area contributed by atoms with E-state index in [0.717, 1.165) is 38.2 Å². The highest BCUT2D eigenvalue weighted by Crippen LogP contribution is 2.36. The van der Waals surface area contributed by atoms with Crippen molar-refractivity contribution in [3.05, 3.63) is 35.9 Å². The van der Waals surface area contributed by atoms with Gasteiger partial charge in [0.2, 0.25) is 0 Å². The van der Waals surface area contributed by atoms with Crippen molar-refractivity contribution in [2.75, 3.05) is 26.2 Å². The number of hydrogen-bond donors (Lipinski definition) is 1. The molecule has 0 bridgehead atoms. The summed E-state index contributed by atoms with van der Waals surface area (Å²) < 4.78 is 5.38. The third-order valence-corrected chi connectivity index (χ3v) is 4.23. The molecule has 2 aliphatic rings. The molecule has 19 heavy (non-hydrogen) atoms. The Morgan fingerprint density at radius 2 is 2.16 bits per heavy atom. The molecule has 2 aliphatic heterocycles. The third kappa shape index (κ3) is 2.73. The Labute approximate surface area is 113 Å². The highest BCUT2D eigenvalue weighted by atomic mass is 16.6. The number of ether oxygens (including phenoxy) is 1. The molecule has 1 spiro atoms. The maximum Gasteiger partial charge on any atom is 0.410 e. The van der Waals surface area contributed by atoms with Gasteiger partial charge in [-0.1, -0.05) is 30.3 Å². The van der Waals surface area contributed by atoms with Crippen LogP contribution in [0, 0.1) is 5.41 Å². The van der Waals surface area contributed by atoms with E-state index in [1.165, 1.54) is 6.42 Å². The van der Waals surface area contributed by atoms with Gasteiger partial charge in [0, 0.05) is 25.0 Å². The number of nitrogens with one attached hydrogen (secondary N) is 1. The Morgan fingerprint density at radius 1 is 1.32 bits per heavy atom. The van der Waals surface area contributed by atoms with Gasteiger partial charge in [-0.05, 0) is 24.9 Å². The molecular weight excluding hydrogens is 240 g/mol. The molecule has 2 saturated heterocycles. The van der Waals surface area contributed by atoms with Crippen molar-refractivity contribution in [2.45, 2.75) is 19.4 Å².